The molecule has 0 saturated heterocycles. The summed E-state index contributed by atoms with van der Waals surface area (Å²) in [4.78, 5) is 12.6. The summed E-state index contributed by atoms with van der Waals surface area (Å²) in [5.41, 5.74) is 1.72. The molecule has 0 aliphatic carbocycles. The molecule has 0 bridgehead atoms. The molecule has 7 heteroatoms. The number of anilines is 1. The van der Waals surface area contributed by atoms with Crippen molar-refractivity contribution in [3.8, 4) is 0 Å². The molecule has 2 rings (SSSR count). The molecule has 0 radical (unpaired) electrons. The summed E-state index contributed by atoms with van der Waals surface area (Å²) in [6.45, 7) is 5.41. The van der Waals surface area contributed by atoms with Crippen molar-refractivity contribution in [2.45, 2.75) is 31.7 Å². The molecule has 0 atom stereocenters. The number of sulfonamides is 1. The monoisotopic (exact) mass is 380 g/mol. The first-order valence-electron chi connectivity index (χ1n) is 7.78. The molecular weight excluding hydrogens is 360 g/mol. The van der Waals surface area contributed by atoms with Crippen LogP contribution in [-0.2, 0) is 10.0 Å². The molecule has 5 nitrogen and oxygen atoms in total. The molecule has 0 aromatic heterocycles. The van der Waals surface area contributed by atoms with Crippen LogP contribution in [0.4, 0.5) is 5.69 Å². The van der Waals surface area contributed by atoms with E-state index in [1.54, 1.807) is 44.2 Å². The van der Waals surface area contributed by atoms with Gasteiger partial charge in [0.25, 0.3) is 5.91 Å². The van der Waals surface area contributed by atoms with Crippen LogP contribution in [-0.4, -0.2) is 31.7 Å². The quantitative estimate of drug-likeness (QED) is 0.854. The van der Waals surface area contributed by atoms with E-state index in [4.69, 9.17) is 11.6 Å². The second kappa shape index (κ2) is 7.56. The fourth-order valence-electron chi connectivity index (χ4n) is 2.20. The second-order valence-electron chi connectivity index (χ2n) is 6.06. The molecule has 0 aliphatic heterocycles. The molecule has 0 unspecified atom stereocenters. The molecular formula is C18H21ClN2O3S. The van der Waals surface area contributed by atoms with E-state index < -0.39 is 10.0 Å². The van der Waals surface area contributed by atoms with Crippen LogP contribution in [0.1, 0.15) is 29.8 Å². The van der Waals surface area contributed by atoms with E-state index in [0.717, 1.165) is 5.56 Å². The Kier molecular flexibility index (Phi) is 5.87. The first-order valence-corrected chi connectivity index (χ1v) is 9.60. The van der Waals surface area contributed by atoms with Gasteiger partial charge in [0.15, 0.2) is 0 Å². The molecule has 134 valence electrons. The van der Waals surface area contributed by atoms with Gasteiger partial charge in [-0.1, -0.05) is 17.7 Å². The molecule has 0 aliphatic rings. The van der Waals surface area contributed by atoms with E-state index in [9.17, 15) is 13.2 Å². The minimum atomic E-state index is -3.65. The average molecular weight is 381 g/mol. The lowest BCUT2D eigenvalue weighted by atomic mass is 10.1. The van der Waals surface area contributed by atoms with Gasteiger partial charge in [-0.25, -0.2) is 8.42 Å². The van der Waals surface area contributed by atoms with E-state index in [1.165, 1.54) is 23.5 Å². The molecule has 2 aromatic rings. The van der Waals surface area contributed by atoms with Gasteiger partial charge >= 0.3 is 0 Å². The second-order valence-corrected chi connectivity index (χ2v) is 8.49. The van der Waals surface area contributed by atoms with Crippen LogP contribution in [0.15, 0.2) is 47.4 Å². The SMILES string of the molecule is Cc1cc(Cl)ccc1NC(=O)c1cccc(S(=O)(=O)N(C)C(C)C)c1. The maximum absolute atomic E-state index is 12.6. The summed E-state index contributed by atoms with van der Waals surface area (Å²) in [5.74, 6) is -0.380. The Hall–Kier alpha value is -1.89. The van der Waals surface area contributed by atoms with Gasteiger partial charge in [0, 0.05) is 29.4 Å². The predicted molar refractivity (Wildman–Crippen MR) is 101 cm³/mol. The maximum atomic E-state index is 12.6. The van der Waals surface area contributed by atoms with Gasteiger partial charge in [-0.05, 0) is 62.7 Å². The van der Waals surface area contributed by atoms with Crippen LogP contribution in [0, 0.1) is 6.92 Å². The topological polar surface area (TPSA) is 66.5 Å². The van der Waals surface area contributed by atoms with Crippen molar-refractivity contribution in [3.05, 3.63) is 58.6 Å². The number of amides is 1. The van der Waals surface area contributed by atoms with Crippen molar-refractivity contribution in [1.29, 1.82) is 0 Å². The number of benzene rings is 2. The van der Waals surface area contributed by atoms with Crippen LogP contribution in [0.25, 0.3) is 0 Å². The number of nitrogens with one attached hydrogen (secondary N) is 1. The number of aryl methyl sites for hydroxylation is 1. The van der Waals surface area contributed by atoms with Crippen molar-refractivity contribution in [1.82, 2.24) is 4.31 Å². The summed E-state index contributed by atoms with van der Waals surface area (Å²) >= 11 is 5.91. The molecule has 2 aromatic carbocycles. The number of nitrogens with zero attached hydrogens (tertiary/aromatic N) is 1. The minimum Gasteiger partial charge on any atom is -0.322 e. The maximum Gasteiger partial charge on any atom is 0.255 e. The fraction of sp³-hybridized carbons (Fsp3) is 0.278. The lowest BCUT2D eigenvalue weighted by Gasteiger charge is -2.21. The highest BCUT2D eigenvalue weighted by molar-refractivity contribution is 7.89. The standard InChI is InChI=1S/C18H21ClN2O3S/c1-12(2)21(4)25(23,24)16-7-5-6-14(11-16)18(22)20-17-9-8-15(19)10-13(17)3/h5-12H,1-4H3,(H,20,22). The molecule has 25 heavy (non-hydrogen) atoms. The third-order valence-electron chi connectivity index (χ3n) is 3.94. The number of carbonyl (C=O) groups is 1. The smallest absolute Gasteiger partial charge is 0.255 e. The lowest BCUT2D eigenvalue weighted by Crippen LogP contribution is -2.33. The summed E-state index contributed by atoms with van der Waals surface area (Å²) in [6.07, 6.45) is 0. The van der Waals surface area contributed by atoms with Crippen LogP contribution in [0.3, 0.4) is 0 Å². The third-order valence-corrected chi connectivity index (χ3v) is 6.20. The Morgan fingerprint density at radius 3 is 2.44 bits per heavy atom. The van der Waals surface area contributed by atoms with Gasteiger partial charge in [-0.3, -0.25) is 4.79 Å². The number of hydrogen-bond donors (Lipinski definition) is 1. The lowest BCUT2D eigenvalue weighted by molar-refractivity contribution is 0.102. The van der Waals surface area contributed by atoms with Crippen molar-refractivity contribution in [2.24, 2.45) is 0 Å². The van der Waals surface area contributed by atoms with Gasteiger partial charge in [0.1, 0.15) is 0 Å². The van der Waals surface area contributed by atoms with Gasteiger partial charge in [-0.15, -0.1) is 0 Å². The minimum absolute atomic E-state index is 0.0872. The Morgan fingerprint density at radius 2 is 1.84 bits per heavy atom. The molecule has 0 spiro atoms. The predicted octanol–water partition coefficient (Wildman–Crippen LogP) is 3.93. The Balaban J connectivity index is 2.30. The van der Waals surface area contributed by atoms with E-state index in [0.29, 0.717) is 10.7 Å². The Bertz CT molecular complexity index is 895. The van der Waals surface area contributed by atoms with Crippen LogP contribution in [0.5, 0.6) is 0 Å². The highest BCUT2D eigenvalue weighted by atomic mass is 35.5. The van der Waals surface area contributed by atoms with Gasteiger partial charge in [-0.2, -0.15) is 4.31 Å². The zero-order chi connectivity index (χ0) is 18.8. The summed E-state index contributed by atoms with van der Waals surface area (Å²) in [7, 11) is -2.13. The van der Waals surface area contributed by atoms with Crippen molar-refractivity contribution in [3.63, 3.8) is 0 Å². The van der Waals surface area contributed by atoms with Crippen molar-refractivity contribution < 1.29 is 13.2 Å². The van der Waals surface area contributed by atoms with Gasteiger partial charge < -0.3 is 5.32 Å². The zero-order valence-corrected chi connectivity index (χ0v) is 16.1. The fourth-order valence-corrected chi connectivity index (χ4v) is 3.84. The highest BCUT2D eigenvalue weighted by Gasteiger charge is 2.24. The molecule has 0 saturated carbocycles. The zero-order valence-electron chi connectivity index (χ0n) is 14.6. The summed E-state index contributed by atoms with van der Waals surface area (Å²) < 4.78 is 26.4. The first-order chi connectivity index (χ1) is 11.6. The average Bonchev–Trinajstić information content (AvgIpc) is 2.56. The molecule has 0 heterocycles. The van der Waals surface area contributed by atoms with Crippen LogP contribution in [0.2, 0.25) is 5.02 Å². The first kappa shape index (κ1) is 19.4. The van der Waals surface area contributed by atoms with Crippen molar-refractivity contribution >= 4 is 33.2 Å². The Labute approximate surface area is 153 Å². The summed E-state index contributed by atoms with van der Waals surface area (Å²) in [6, 6.07) is 11.0. The number of carbonyl (C=O) groups excluding carboxylic acids is 1. The largest absolute Gasteiger partial charge is 0.322 e. The molecule has 1 N–H and O–H groups in total. The van der Waals surface area contributed by atoms with E-state index in [1.807, 2.05) is 6.92 Å². The van der Waals surface area contributed by atoms with Crippen molar-refractivity contribution in [2.75, 3.05) is 12.4 Å². The Morgan fingerprint density at radius 1 is 1.16 bits per heavy atom. The number of rotatable bonds is 5. The van der Waals surface area contributed by atoms with Gasteiger partial charge in [0.05, 0.1) is 4.90 Å². The number of hydrogen-bond acceptors (Lipinski definition) is 3. The van der Waals surface area contributed by atoms with Gasteiger partial charge in [0.2, 0.25) is 10.0 Å². The van der Waals surface area contributed by atoms with E-state index in [-0.39, 0.29) is 22.4 Å². The van der Waals surface area contributed by atoms with E-state index in [2.05, 4.69) is 5.32 Å². The normalized spacial score (nSPS) is 11.8. The highest BCUT2D eigenvalue weighted by Crippen LogP contribution is 2.22. The summed E-state index contributed by atoms with van der Waals surface area (Å²) in [5, 5.41) is 3.36. The third kappa shape index (κ3) is 4.39. The van der Waals surface area contributed by atoms with E-state index >= 15 is 0 Å². The molecule has 0 fully saturated rings. The molecule has 1 amide bonds. The van der Waals surface area contributed by atoms with Crippen LogP contribution >= 0.6 is 11.6 Å². The van der Waals surface area contributed by atoms with Crippen LogP contribution < -0.4 is 5.32 Å². The number of halogens is 1.